The third kappa shape index (κ3) is 3.84. The number of benzene rings is 1. The van der Waals surface area contributed by atoms with Crippen LogP contribution in [0, 0.1) is 0 Å². The molecule has 0 saturated carbocycles. The molecule has 180 valence electrons. The van der Waals surface area contributed by atoms with Crippen molar-refractivity contribution in [3.05, 3.63) is 72.7 Å². The fourth-order valence-corrected chi connectivity index (χ4v) is 6.14. The topological polar surface area (TPSA) is 61.6 Å². The Kier molecular flexibility index (Phi) is 5.44. The average Bonchev–Trinajstić information content (AvgIpc) is 3.58. The third-order valence-electron chi connectivity index (χ3n) is 7.71. The Bertz CT molecular complexity index is 1330. The van der Waals surface area contributed by atoms with Crippen LogP contribution in [-0.2, 0) is 0 Å². The lowest BCUT2D eigenvalue weighted by Gasteiger charge is -2.42. The molecule has 2 aliphatic rings. The van der Waals surface area contributed by atoms with Crippen molar-refractivity contribution in [3.63, 3.8) is 0 Å². The van der Waals surface area contributed by atoms with Gasteiger partial charge in [0.15, 0.2) is 0 Å². The summed E-state index contributed by atoms with van der Waals surface area (Å²) in [5.74, 6) is 1.83. The zero-order chi connectivity index (χ0) is 24.1. The van der Waals surface area contributed by atoms with E-state index in [1.807, 2.05) is 30.7 Å². The lowest BCUT2D eigenvalue weighted by atomic mass is 10.1. The van der Waals surface area contributed by atoms with Crippen molar-refractivity contribution in [2.75, 3.05) is 16.8 Å². The van der Waals surface area contributed by atoms with E-state index in [1.165, 1.54) is 12.0 Å². The van der Waals surface area contributed by atoms with Gasteiger partial charge in [0.25, 0.3) is 0 Å². The number of imidazole rings is 1. The van der Waals surface area contributed by atoms with Crippen molar-refractivity contribution in [3.8, 4) is 11.3 Å². The van der Waals surface area contributed by atoms with Gasteiger partial charge in [-0.3, -0.25) is 9.30 Å². The van der Waals surface area contributed by atoms with Crippen molar-refractivity contribution in [1.29, 1.82) is 0 Å². The molecule has 2 saturated heterocycles. The number of likely N-dealkylation sites (tertiary alicyclic amines) is 1. The zero-order valence-electron chi connectivity index (χ0n) is 20.8. The summed E-state index contributed by atoms with van der Waals surface area (Å²) in [6.45, 7) is 10.1. The van der Waals surface area contributed by atoms with E-state index in [-0.39, 0.29) is 6.04 Å². The number of aromatic nitrogens is 4. The van der Waals surface area contributed by atoms with Gasteiger partial charge in [-0.15, -0.1) is 0 Å². The van der Waals surface area contributed by atoms with Crippen molar-refractivity contribution in [2.45, 2.75) is 64.3 Å². The van der Waals surface area contributed by atoms with Gasteiger partial charge < -0.3 is 10.2 Å². The molecule has 35 heavy (non-hydrogen) atoms. The van der Waals surface area contributed by atoms with Crippen LogP contribution in [0.1, 0.15) is 45.7 Å². The SMILES string of the molecule is CC(C)N1[C@H]2C[C@@H]([C@@H]1C)N(c1nc(-c3ccnc(N[C@@H](C)c4ccccc4)c3)cc3nccn13)C2. The molecule has 0 unspecified atom stereocenters. The van der Waals surface area contributed by atoms with Crippen molar-refractivity contribution < 1.29 is 0 Å². The summed E-state index contributed by atoms with van der Waals surface area (Å²) < 4.78 is 2.13. The Morgan fingerprint density at radius 1 is 1.00 bits per heavy atom. The van der Waals surface area contributed by atoms with Crippen LogP contribution in [0.15, 0.2) is 67.1 Å². The highest BCUT2D eigenvalue weighted by molar-refractivity contribution is 5.69. The number of hydrogen-bond donors (Lipinski definition) is 1. The molecule has 4 aromatic rings. The lowest BCUT2D eigenvalue weighted by Crippen LogP contribution is -2.54. The van der Waals surface area contributed by atoms with E-state index in [4.69, 9.17) is 4.98 Å². The number of fused-ring (bicyclic) bond motifs is 3. The molecule has 6 rings (SSSR count). The summed E-state index contributed by atoms with van der Waals surface area (Å²) in [6, 6.07) is 18.9. The summed E-state index contributed by atoms with van der Waals surface area (Å²) in [5.41, 5.74) is 4.11. The molecule has 2 fully saturated rings. The van der Waals surface area contributed by atoms with E-state index in [2.05, 4.69) is 93.6 Å². The fourth-order valence-electron chi connectivity index (χ4n) is 6.14. The van der Waals surface area contributed by atoms with E-state index in [0.29, 0.717) is 24.2 Å². The van der Waals surface area contributed by atoms with Crippen molar-refractivity contribution in [2.24, 2.45) is 0 Å². The van der Waals surface area contributed by atoms with Gasteiger partial charge in [-0.1, -0.05) is 30.3 Å². The maximum absolute atomic E-state index is 5.20. The molecule has 4 atom stereocenters. The second-order valence-corrected chi connectivity index (χ2v) is 10.2. The van der Waals surface area contributed by atoms with Gasteiger partial charge in [-0.25, -0.2) is 15.0 Å². The van der Waals surface area contributed by atoms with Crippen molar-refractivity contribution >= 4 is 17.4 Å². The molecule has 0 spiro atoms. The van der Waals surface area contributed by atoms with E-state index in [0.717, 1.165) is 35.2 Å². The van der Waals surface area contributed by atoms with Crippen LogP contribution < -0.4 is 10.2 Å². The Morgan fingerprint density at radius 2 is 1.83 bits per heavy atom. The number of nitrogens with one attached hydrogen (secondary N) is 1. The Morgan fingerprint density at radius 3 is 2.60 bits per heavy atom. The summed E-state index contributed by atoms with van der Waals surface area (Å²) in [6.07, 6.45) is 6.94. The molecule has 2 bridgehead atoms. The van der Waals surface area contributed by atoms with Gasteiger partial charge in [0.1, 0.15) is 11.5 Å². The maximum Gasteiger partial charge on any atom is 0.212 e. The van der Waals surface area contributed by atoms with E-state index in [1.54, 1.807) is 0 Å². The van der Waals surface area contributed by atoms with Crippen LogP contribution in [-0.4, -0.2) is 55.0 Å². The normalized spacial score (nSPS) is 22.9. The van der Waals surface area contributed by atoms with E-state index < -0.39 is 0 Å². The summed E-state index contributed by atoms with van der Waals surface area (Å²) in [5, 5.41) is 3.54. The Hall–Kier alpha value is -3.45. The lowest BCUT2D eigenvalue weighted by molar-refractivity contribution is 0.137. The average molecular weight is 468 g/mol. The quantitative estimate of drug-likeness (QED) is 0.429. The minimum atomic E-state index is 0.155. The predicted octanol–water partition coefficient (Wildman–Crippen LogP) is 5.02. The standard InChI is InChI=1S/C28H33N7/c1-18(2)35-20(4)25-15-23(35)17-34(25)28-32-24(16-27-30-12-13-33(27)28)22-10-11-29-26(14-22)31-19(3)21-8-6-5-7-9-21/h5-14,16,18-20,23,25H,15,17H2,1-4H3,(H,29,31)/t19-,20-,23-,25-/m0/s1. The molecule has 3 aromatic heterocycles. The molecule has 5 heterocycles. The van der Waals surface area contributed by atoms with Crippen LogP contribution in [0.3, 0.4) is 0 Å². The smallest absolute Gasteiger partial charge is 0.212 e. The van der Waals surface area contributed by atoms with Crippen LogP contribution in [0.5, 0.6) is 0 Å². The second kappa shape index (κ2) is 8.64. The highest BCUT2D eigenvalue weighted by Gasteiger charge is 2.50. The first-order valence-corrected chi connectivity index (χ1v) is 12.7. The fraction of sp³-hybridized carbons (Fsp3) is 0.393. The molecule has 2 aliphatic heterocycles. The Balaban J connectivity index is 1.33. The summed E-state index contributed by atoms with van der Waals surface area (Å²) >= 11 is 0. The van der Waals surface area contributed by atoms with Gasteiger partial charge >= 0.3 is 0 Å². The van der Waals surface area contributed by atoms with Gasteiger partial charge in [0.2, 0.25) is 5.95 Å². The molecular formula is C28H33N7. The highest BCUT2D eigenvalue weighted by atomic mass is 15.4. The number of piperazine rings is 1. The van der Waals surface area contributed by atoms with Crippen LogP contribution in [0.4, 0.5) is 11.8 Å². The number of rotatable bonds is 6. The molecule has 7 heteroatoms. The van der Waals surface area contributed by atoms with Gasteiger partial charge in [-0.05, 0) is 51.8 Å². The predicted molar refractivity (Wildman–Crippen MR) is 141 cm³/mol. The summed E-state index contributed by atoms with van der Waals surface area (Å²) in [4.78, 5) is 19.6. The van der Waals surface area contributed by atoms with E-state index >= 15 is 0 Å². The van der Waals surface area contributed by atoms with Gasteiger partial charge in [0, 0.05) is 67.0 Å². The molecular weight excluding hydrogens is 434 g/mol. The van der Waals surface area contributed by atoms with Gasteiger partial charge in [-0.2, -0.15) is 0 Å². The second-order valence-electron chi connectivity index (χ2n) is 10.2. The molecule has 1 aromatic carbocycles. The number of pyridine rings is 1. The van der Waals surface area contributed by atoms with Crippen LogP contribution in [0.2, 0.25) is 0 Å². The number of anilines is 2. The zero-order valence-corrected chi connectivity index (χ0v) is 20.8. The number of nitrogens with zero attached hydrogens (tertiary/aromatic N) is 6. The minimum absolute atomic E-state index is 0.155. The summed E-state index contributed by atoms with van der Waals surface area (Å²) in [7, 11) is 0. The van der Waals surface area contributed by atoms with E-state index in [9.17, 15) is 0 Å². The van der Waals surface area contributed by atoms with Crippen molar-refractivity contribution in [1.82, 2.24) is 24.3 Å². The highest BCUT2D eigenvalue weighted by Crippen LogP contribution is 2.40. The first kappa shape index (κ1) is 22.0. The molecule has 1 N–H and O–H groups in total. The van der Waals surface area contributed by atoms with Crippen LogP contribution >= 0.6 is 0 Å². The maximum atomic E-state index is 5.20. The Labute approximate surface area is 206 Å². The first-order valence-electron chi connectivity index (χ1n) is 12.7. The minimum Gasteiger partial charge on any atom is -0.364 e. The molecule has 0 aliphatic carbocycles. The monoisotopic (exact) mass is 467 g/mol. The third-order valence-corrected chi connectivity index (χ3v) is 7.71. The molecule has 0 amide bonds. The number of hydrogen-bond acceptors (Lipinski definition) is 6. The van der Waals surface area contributed by atoms with Gasteiger partial charge in [0.05, 0.1) is 5.69 Å². The molecule has 0 radical (unpaired) electrons. The largest absolute Gasteiger partial charge is 0.364 e. The first-order chi connectivity index (χ1) is 17.0. The molecule has 7 nitrogen and oxygen atoms in total. The van der Waals surface area contributed by atoms with Crippen LogP contribution in [0.25, 0.3) is 16.9 Å².